The highest BCUT2D eigenvalue weighted by molar-refractivity contribution is 5.72. The minimum atomic E-state index is -1.23. The number of hydrogen-bond donors (Lipinski definition) is 2. The Bertz CT molecular complexity index is 423. The molecule has 0 bridgehead atoms. The van der Waals surface area contributed by atoms with E-state index in [0.717, 1.165) is 18.4 Å². The Balaban J connectivity index is 2.46. The number of carbonyl (C=O) groups is 1. The molecule has 0 radical (unpaired) electrons. The van der Waals surface area contributed by atoms with Gasteiger partial charge in [-0.1, -0.05) is 44.2 Å². The summed E-state index contributed by atoms with van der Waals surface area (Å²) in [5.74, 6) is -1.70. The molecule has 2 rings (SSSR count). The number of carboxylic acid groups (broad SMARTS) is 1. The third-order valence-corrected chi connectivity index (χ3v) is 3.84. The van der Waals surface area contributed by atoms with E-state index < -0.39 is 17.5 Å². The van der Waals surface area contributed by atoms with Gasteiger partial charge >= 0.3 is 5.97 Å². The fraction of sp³-hybridized carbons (Fsp3) is 0.533. The van der Waals surface area contributed by atoms with Crippen molar-refractivity contribution in [2.45, 2.75) is 32.3 Å². The van der Waals surface area contributed by atoms with Crippen molar-refractivity contribution in [1.82, 2.24) is 0 Å². The summed E-state index contributed by atoms with van der Waals surface area (Å²) in [6.45, 7) is 3.71. The summed E-state index contributed by atoms with van der Waals surface area (Å²) >= 11 is 0. The molecule has 0 aliphatic heterocycles. The number of rotatable bonds is 5. The molecule has 98 valence electrons. The second-order valence-corrected chi connectivity index (χ2v) is 5.53. The number of hydrogen-bond acceptors (Lipinski definition) is 2. The van der Waals surface area contributed by atoms with Gasteiger partial charge in [0.25, 0.3) is 0 Å². The van der Waals surface area contributed by atoms with Crippen LogP contribution < -0.4 is 0 Å². The zero-order valence-electron chi connectivity index (χ0n) is 10.8. The topological polar surface area (TPSA) is 57.5 Å². The van der Waals surface area contributed by atoms with E-state index in [2.05, 4.69) is 0 Å². The second kappa shape index (κ2) is 4.73. The van der Waals surface area contributed by atoms with Crippen molar-refractivity contribution < 1.29 is 15.0 Å². The molecule has 1 aromatic carbocycles. The van der Waals surface area contributed by atoms with Gasteiger partial charge in [-0.15, -0.1) is 0 Å². The lowest BCUT2D eigenvalue weighted by atomic mass is 9.72. The molecule has 1 aromatic rings. The zero-order chi connectivity index (χ0) is 13.3. The molecule has 1 aliphatic carbocycles. The van der Waals surface area contributed by atoms with Gasteiger partial charge < -0.3 is 10.2 Å². The molecule has 3 heteroatoms. The van der Waals surface area contributed by atoms with Crippen LogP contribution in [0.25, 0.3) is 0 Å². The van der Waals surface area contributed by atoms with Crippen LogP contribution >= 0.6 is 0 Å². The molecule has 0 aromatic heterocycles. The molecule has 2 atom stereocenters. The van der Waals surface area contributed by atoms with Crippen LogP contribution in [-0.4, -0.2) is 16.2 Å². The van der Waals surface area contributed by atoms with Crippen molar-refractivity contribution in [3.05, 3.63) is 35.9 Å². The van der Waals surface area contributed by atoms with Crippen molar-refractivity contribution in [2.24, 2.45) is 17.8 Å². The zero-order valence-corrected chi connectivity index (χ0v) is 10.8. The average Bonchev–Trinajstić information content (AvgIpc) is 3.13. The van der Waals surface area contributed by atoms with Crippen LogP contribution in [0.1, 0.15) is 32.3 Å². The summed E-state index contributed by atoms with van der Waals surface area (Å²) in [7, 11) is 0. The van der Waals surface area contributed by atoms with Crippen molar-refractivity contribution in [1.29, 1.82) is 0 Å². The van der Waals surface area contributed by atoms with E-state index in [1.54, 1.807) is 0 Å². The van der Waals surface area contributed by atoms with Gasteiger partial charge in [-0.2, -0.15) is 0 Å². The summed E-state index contributed by atoms with van der Waals surface area (Å²) in [4.78, 5) is 11.5. The Kier molecular flexibility index (Phi) is 3.44. The maximum absolute atomic E-state index is 11.5. The Morgan fingerprint density at radius 2 is 1.83 bits per heavy atom. The van der Waals surface area contributed by atoms with Crippen LogP contribution in [0.15, 0.2) is 30.3 Å². The van der Waals surface area contributed by atoms with E-state index in [1.165, 1.54) is 0 Å². The minimum absolute atomic E-state index is 0.0726. The molecule has 1 fully saturated rings. The Hall–Kier alpha value is -1.35. The SMILES string of the molecule is CC(C)C(C(=O)O)C(O)(c1ccccc1)C1CC1. The van der Waals surface area contributed by atoms with Crippen LogP contribution in [-0.2, 0) is 10.4 Å². The molecular formula is C15H20O3. The van der Waals surface area contributed by atoms with Gasteiger partial charge in [-0.3, -0.25) is 4.79 Å². The molecule has 18 heavy (non-hydrogen) atoms. The van der Waals surface area contributed by atoms with Crippen molar-refractivity contribution in [2.75, 3.05) is 0 Å². The molecule has 1 saturated carbocycles. The molecule has 2 N–H and O–H groups in total. The minimum Gasteiger partial charge on any atom is -0.481 e. The average molecular weight is 248 g/mol. The molecule has 0 saturated heterocycles. The van der Waals surface area contributed by atoms with Crippen LogP contribution in [0.4, 0.5) is 0 Å². The fourth-order valence-corrected chi connectivity index (χ4v) is 2.88. The van der Waals surface area contributed by atoms with Gasteiger partial charge in [0, 0.05) is 0 Å². The quantitative estimate of drug-likeness (QED) is 0.842. The summed E-state index contributed by atoms with van der Waals surface area (Å²) in [5, 5.41) is 20.5. The number of benzene rings is 1. The maximum atomic E-state index is 11.5. The monoisotopic (exact) mass is 248 g/mol. The lowest BCUT2D eigenvalue weighted by Gasteiger charge is -2.37. The Morgan fingerprint density at radius 1 is 1.28 bits per heavy atom. The van der Waals surface area contributed by atoms with Crippen molar-refractivity contribution in [3.63, 3.8) is 0 Å². The summed E-state index contributed by atoms with van der Waals surface area (Å²) in [6, 6.07) is 9.24. The highest BCUT2D eigenvalue weighted by Gasteiger charge is 2.54. The molecule has 2 unspecified atom stereocenters. The third kappa shape index (κ3) is 2.15. The molecule has 0 spiro atoms. The molecular weight excluding hydrogens is 228 g/mol. The first kappa shape index (κ1) is 13.1. The summed E-state index contributed by atoms with van der Waals surface area (Å²) in [5.41, 5.74) is -0.505. The summed E-state index contributed by atoms with van der Waals surface area (Å²) < 4.78 is 0. The Labute approximate surface area is 107 Å². The van der Waals surface area contributed by atoms with E-state index in [-0.39, 0.29) is 11.8 Å². The third-order valence-electron chi connectivity index (χ3n) is 3.84. The van der Waals surface area contributed by atoms with Crippen LogP contribution in [0.2, 0.25) is 0 Å². The first-order chi connectivity index (χ1) is 8.48. The highest BCUT2D eigenvalue weighted by atomic mass is 16.4. The number of carboxylic acids is 1. The molecule has 1 aliphatic rings. The standard InChI is InChI=1S/C15H20O3/c1-10(2)13(14(16)17)15(18,12-8-9-12)11-6-4-3-5-7-11/h3-7,10,12-13,18H,8-9H2,1-2H3,(H,16,17). The lowest BCUT2D eigenvalue weighted by molar-refractivity contribution is -0.159. The van der Waals surface area contributed by atoms with Gasteiger partial charge in [-0.25, -0.2) is 0 Å². The first-order valence-corrected chi connectivity index (χ1v) is 6.48. The van der Waals surface area contributed by atoms with Gasteiger partial charge in [0.05, 0.1) is 5.92 Å². The van der Waals surface area contributed by atoms with Crippen LogP contribution in [0.5, 0.6) is 0 Å². The van der Waals surface area contributed by atoms with E-state index >= 15 is 0 Å². The largest absolute Gasteiger partial charge is 0.481 e. The van der Waals surface area contributed by atoms with E-state index in [9.17, 15) is 15.0 Å². The lowest BCUT2D eigenvalue weighted by Crippen LogP contribution is -2.44. The second-order valence-electron chi connectivity index (χ2n) is 5.53. The van der Waals surface area contributed by atoms with Crippen LogP contribution in [0, 0.1) is 17.8 Å². The smallest absolute Gasteiger partial charge is 0.310 e. The van der Waals surface area contributed by atoms with E-state index in [1.807, 2.05) is 44.2 Å². The van der Waals surface area contributed by atoms with Gasteiger partial charge in [0.1, 0.15) is 5.60 Å². The highest BCUT2D eigenvalue weighted by Crippen LogP contribution is 2.51. The van der Waals surface area contributed by atoms with Gasteiger partial charge in [0.2, 0.25) is 0 Å². The summed E-state index contributed by atoms with van der Waals surface area (Å²) in [6.07, 6.45) is 1.81. The van der Waals surface area contributed by atoms with E-state index in [4.69, 9.17) is 0 Å². The van der Waals surface area contributed by atoms with Gasteiger partial charge in [0.15, 0.2) is 0 Å². The van der Waals surface area contributed by atoms with E-state index in [0.29, 0.717) is 0 Å². The predicted molar refractivity (Wildman–Crippen MR) is 69.0 cm³/mol. The Morgan fingerprint density at radius 3 is 2.22 bits per heavy atom. The van der Waals surface area contributed by atoms with Crippen LogP contribution in [0.3, 0.4) is 0 Å². The number of aliphatic hydroxyl groups is 1. The van der Waals surface area contributed by atoms with Crippen molar-refractivity contribution >= 4 is 5.97 Å². The molecule has 0 heterocycles. The predicted octanol–water partition coefficient (Wildman–Crippen LogP) is 2.64. The number of aliphatic carboxylic acids is 1. The maximum Gasteiger partial charge on any atom is 0.310 e. The molecule has 3 nitrogen and oxygen atoms in total. The van der Waals surface area contributed by atoms with Crippen molar-refractivity contribution in [3.8, 4) is 0 Å². The first-order valence-electron chi connectivity index (χ1n) is 6.48. The normalized spacial score (nSPS) is 20.4. The molecule has 0 amide bonds. The fourth-order valence-electron chi connectivity index (χ4n) is 2.88. The van der Waals surface area contributed by atoms with Gasteiger partial charge in [-0.05, 0) is 30.2 Å².